The van der Waals surface area contributed by atoms with E-state index in [0.717, 1.165) is 25.9 Å². The van der Waals surface area contributed by atoms with Crippen molar-refractivity contribution in [1.29, 1.82) is 0 Å². The van der Waals surface area contributed by atoms with Crippen molar-refractivity contribution in [3.05, 3.63) is 0 Å². The number of likely N-dealkylation sites (tertiary alicyclic amines) is 1. The maximum Gasteiger partial charge on any atom is 0.223 e. The molecule has 1 fully saturated rings. The third-order valence-corrected chi connectivity index (χ3v) is 3.20. The molecule has 0 aliphatic carbocycles. The standard InChI is InChI=1S/C12H25N3O/c1-10(8-13)7-12(16)15-6-4-5-11(15)9-14(2)3/h10-11H,4-9,13H2,1-3H3. The highest BCUT2D eigenvalue weighted by molar-refractivity contribution is 5.77. The van der Waals surface area contributed by atoms with Crippen LogP contribution in [-0.4, -0.2) is 55.5 Å². The molecule has 0 aromatic heterocycles. The van der Waals surface area contributed by atoms with Crippen LogP contribution in [0.4, 0.5) is 0 Å². The largest absolute Gasteiger partial charge is 0.338 e. The van der Waals surface area contributed by atoms with Crippen molar-refractivity contribution in [1.82, 2.24) is 9.80 Å². The van der Waals surface area contributed by atoms with Crippen molar-refractivity contribution in [2.24, 2.45) is 11.7 Å². The SMILES string of the molecule is CC(CN)CC(=O)N1CCCC1CN(C)C. The van der Waals surface area contributed by atoms with E-state index in [0.29, 0.717) is 24.9 Å². The second kappa shape index (κ2) is 6.21. The van der Waals surface area contributed by atoms with E-state index in [1.165, 1.54) is 0 Å². The lowest BCUT2D eigenvalue weighted by Crippen LogP contribution is -2.42. The highest BCUT2D eigenvalue weighted by Crippen LogP contribution is 2.19. The van der Waals surface area contributed by atoms with E-state index >= 15 is 0 Å². The minimum absolute atomic E-state index is 0.280. The Hall–Kier alpha value is -0.610. The summed E-state index contributed by atoms with van der Waals surface area (Å²) in [6.07, 6.45) is 2.88. The van der Waals surface area contributed by atoms with Crippen LogP contribution >= 0.6 is 0 Å². The average molecular weight is 227 g/mol. The number of likely N-dealkylation sites (N-methyl/N-ethyl adjacent to an activating group) is 1. The van der Waals surface area contributed by atoms with Crippen LogP contribution in [-0.2, 0) is 4.79 Å². The molecule has 16 heavy (non-hydrogen) atoms. The quantitative estimate of drug-likeness (QED) is 0.745. The number of nitrogens with two attached hydrogens (primary N) is 1. The average Bonchev–Trinajstić information content (AvgIpc) is 2.64. The van der Waals surface area contributed by atoms with Gasteiger partial charge in [0.25, 0.3) is 0 Å². The van der Waals surface area contributed by atoms with Gasteiger partial charge in [-0.05, 0) is 39.4 Å². The molecule has 94 valence electrons. The molecule has 2 atom stereocenters. The molecule has 0 bridgehead atoms. The van der Waals surface area contributed by atoms with Crippen LogP contribution in [0.2, 0.25) is 0 Å². The Morgan fingerprint density at radius 3 is 2.81 bits per heavy atom. The van der Waals surface area contributed by atoms with Crippen LogP contribution in [0.3, 0.4) is 0 Å². The molecule has 0 aromatic carbocycles. The number of amides is 1. The Kier molecular flexibility index (Phi) is 5.22. The van der Waals surface area contributed by atoms with Gasteiger partial charge in [-0.15, -0.1) is 0 Å². The second-order valence-electron chi connectivity index (χ2n) is 5.19. The fourth-order valence-electron chi connectivity index (χ4n) is 2.27. The summed E-state index contributed by atoms with van der Waals surface area (Å²) >= 11 is 0. The van der Waals surface area contributed by atoms with Crippen molar-refractivity contribution in [2.75, 3.05) is 33.7 Å². The summed E-state index contributed by atoms with van der Waals surface area (Å²) in [4.78, 5) is 16.3. The second-order valence-corrected chi connectivity index (χ2v) is 5.19. The first-order chi connectivity index (χ1) is 7.54. The van der Waals surface area contributed by atoms with Crippen LogP contribution in [0.1, 0.15) is 26.2 Å². The molecular weight excluding hydrogens is 202 g/mol. The van der Waals surface area contributed by atoms with Crippen LogP contribution in [0.25, 0.3) is 0 Å². The fraction of sp³-hybridized carbons (Fsp3) is 0.917. The molecule has 1 saturated heterocycles. The lowest BCUT2D eigenvalue weighted by atomic mass is 10.1. The van der Waals surface area contributed by atoms with Crippen LogP contribution < -0.4 is 5.73 Å². The molecular formula is C12H25N3O. The molecule has 1 aliphatic heterocycles. The first-order valence-electron chi connectivity index (χ1n) is 6.18. The predicted molar refractivity (Wildman–Crippen MR) is 66.1 cm³/mol. The summed E-state index contributed by atoms with van der Waals surface area (Å²) in [7, 11) is 4.12. The maximum absolute atomic E-state index is 12.1. The minimum Gasteiger partial charge on any atom is -0.338 e. The molecule has 1 heterocycles. The molecule has 1 aliphatic rings. The zero-order valence-corrected chi connectivity index (χ0v) is 10.8. The highest BCUT2D eigenvalue weighted by atomic mass is 16.2. The zero-order valence-electron chi connectivity index (χ0n) is 10.8. The topological polar surface area (TPSA) is 49.6 Å². The first-order valence-corrected chi connectivity index (χ1v) is 6.18. The Bertz CT molecular complexity index is 230. The van der Waals surface area contributed by atoms with Crippen molar-refractivity contribution < 1.29 is 4.79 Å². The van der Waals surface area contributed by atoms with Gasteiger partial charge in [0, 0.05) is 25.6 Å². The smallest absolute Gasteiger partial charge is 0.223 e. The Morgan fingerprint density at radius 2 is 2.25 bits per heavy atom. The van der Waals surface area contributed by atoms with Gasteiger partial charge in [-0.1, -0.05) is 6.92 Å². The van der Waals surface area contributed by atoms with E-state index in [-0.39, 0.29) is 5.91 Å². The van der Waals surface area contributed by atoms with Gasteiger partial charge >= 0.3 is 0 Å². The van der Waals surface area contributed by atoms with E-state index in [2.05, 4.69) is 19.0 Å². The minimum atomic E-state index is 0.280. The number of carbonyl (C=O) groups excluding carboxylic acids is 1. The van der Waals surface area contributed by atoms with E-state index in [1.807, 2.05) is 11.8 Å². The van der Waals surface area contributed by atoms with E-state index < -0.39 is 0 Å². The molecule has 2 unspecified atom stereocenters. The van der Waals surface area contributed by atoms with Crippen molar-refractivity contribution >= 4 is 5.91 Å². The molecule has 0 saturated carbocycles. The predicted octanol–water partition coefficient (Wildman–Crippen LogP) is 0.524. The molecule has 2 N–H and O–H groups in total. The zero-order chi connectivity index (χ0) is 12.1. The van der Waals surface area contributed by atoms with Gasteiger partial charge in [-0.3, -0.25) is 4.79 Å². The summed E-state index contributed by atoms with van der Waals surface area (Å²) < 4.78 is 0. The normalized spacial score (nSPS) is 22.8. The van der Waals surface area contributed by atoms with Gasteiger partial charge < -0.3 is 15.5 Å². The van der Waals surface area contributed by atoms with Crippen LogP contribution in [0.15, 0.2) is 0 Å². The van der Waals surface area contributed by atoms with Gasteiger partial charge in [-0.2, -0.15) is 0 Å². The van der Waals surface area contributed by atoms with Crippen LogP contribution in [0.5, 0.6) is 0 Å². The molecule has 0 aromatic rings. The molecule has 0 spiro atoms. The lowest BCUT2D eigenvalue weighted by Gasteiger charge is -2.28. The van der Waals surface area contributed by atoms with Gasteiger partial charge in [0.2, 0.25) is 5.91 Å². The van der Waals surface area contributed by atoms with Gasteiger partial charge in [-0.25, -0.2) is 0 Å². The number of nitrogens with zero attached hydrogens (tertiary/aromatic N) is 2. The molecule has 1 amide bonds. The summed E-state index contributed by atoms with van der Waals surface area (Å²) in [5.74, 6) is 0.579. The molecule has 4 heteroatoms. The number of hydrogen-bond acceptors (Lipinski definition) is 3. The number of rotatable bonds is 5. The van der Waals surface area contributed by atoms with E-state index in [9.17, 15) is 4.79 Å². The number of carbonyl (C=O) groups is 1. The Labute approximate surface area is 98.8 Å². The van der Waals surface area contributed by atoms with Crippen LogP contribution in [0, 0.1) is 5.92 Å². The van der Waals surface area contributed by atoms with Crippen molar-refractivity contribution in [3.63, 3.8) is 0 Å². The third kappa shape index (κ3) is 3.76. The van der Waals surface area contributed by atoms with Gasteiger partial charge in [0.15, 0.2) is 0 Å². The van der Waals surface area contributed by atoms with Gasteiger partial charge in [0.1, 0.15) is 0 Å². The highest BCUT2D eigenvalue weighted by Gasteiger charge is 2.29. The summed E-state index contributed by atoms with van der Waals surface area (Å²) in [5, 5.41) is 0. The van der Waals surface area contributed by atoms with Gasteiger partial charge in [0.05, 0.1) is 0 Å². The molecule has 0 radical (unpaired) electrons. The number of hydrogen-bond donors (Lipinski definition) is 1. The maximum atomic E-state index is 12.1. The summed E-state index contributed by atoms with van der Waals surface area (Å²) in [5.41, 5.74) is 5.56. The van der Waals surface area contributed by atoms with E-state index in [1.54, 1.807) is 0 Å². The molecule has 4 nitrogen and oxygen atoms in total. The third-order valence-electron chi connectivity index (χ3n) is 3.20. The first kappa shape index (κ1) is 13.5. The molecule has 1 rings (SSSR count). The Morgan fingerprint density at radius 1 is 1.56 bits per heavy atom. The van der Waals surface area contributed by atoms with Crippen molar-refractivity contribution in [3.8, 4) is 0 Å². The monoisotopic (exact) mass is 227 g/mol. The lowest BCUT2D eigenvalue weighted by molar-refractivity contribution is -0.133. The van der Waals surface area contributed by atoms with E-state index in [4.69, 9.17) is 5.73 Å². The summed E-state index contributed by atoms with van der Waals surface area (Å²) in [6, 6.07) is 0.410. The summed E-state index contributed by atoms with van der Waals surface area (Å²) in [6.45, 7) is 4.53. The Balaban J connectivity index is 2.47. The fourth-order valence-corrected chi connectivity index (χ4v) is 2.27. The van der Waals surface area contributed by atoms with Crippen molar-refractivity contribution in [2.45, 2.75) is 32.2 Å².